The van der Waals surface area contributed by atoms with Crippen LogP contribution in [-0.2, 0) is 14.6 Å². The molecule has 0 aromatic carbocycles. The maximum atomic E-state index is 10.9. The van der Waals surface area contributed by atoms with Crippen LogP contribution in [0.1, 0.15) is 20.3 Å². The average Bonchev–Trinajstić information content (AvgIpc) is 1.84. The maximum absolute atomic E-state index is 10.9. The normalized spacial score (nSPS) is 17.8. The predicted octanol–water partition coefficient (Wildman–Crippen LogP) is 0.846. The summed E-state index contributed by atoms with van der Waals surface area (Å²) in [5.41, 5.74) is -0.520. The Balaban J connectivity index is 4.32. The molecule has 0 fully saturated rings. The highest BCUT2D eigenvalue weighted by atomic mass is 32.2. The molecule has 11 heavy (non-hydrogen) atoms. The summed E-state index contributed by atoms with van der Waals surface area (Å²) in [6.07, 6.45) is 1.93. The molecule has 1 unspecified atom stereocenters. The molecule has 1 atom stereocenters. The van der Waals surface area contributed by atoms with Gasteiger partial charge < -0.3 is 4.74 Å². The first-order valence-corrected chi connectivity index (χ1v) is 5.62. The van der Waals surface area contributed by atoms with Crippen molar-refractivity contribution in [2.75, 3.05) is 19.1 Å². The monoisotopic (exact) mass is 180 g/mol. The third kappa shape index (κ3) is 4.37. The lowest BCUT2D eigenvalue weighted by Gasteiger charge is -2.25. The van der Waals surface area contributed by atoms with Crippen LogP contribution in [0.4, 0.5) is 0 Å². The van der Waals surface area contributed by atoms with Gasteiger partial charge in [0.05, 0.1) is 11.4 Å². The number of hydrogen-bond donors (Lipinski definition) is 0. The van der Waals surface area contributed by atoms with Crippen molar-refractivity contribution in [1.82, 2.24) is 0 Å². The molecule has 0 aromatic heterocycles. The number of hydrogen-bond acceptors (Lipinski definition) is 3. The average molecular weight is 180 g/mol. The molecule has 0 saturated carbocycles. The zero-order valence-corrected chi connectivity index (χ0v) is 8.36. The van der Waals surface area contributed by atoms with Gasteiger partial charge in [-0.2, -0.15) is 0 Å². The highest BCUT2D eigenvalue weighted by molar-refractivity contribution is 7.90. The Morgan fingerprint density at radius 1 is 1.45 bits per heavy atom. The van der Waals surface area contributed by atoms with E-state index in [4.69, 9.17) is 4.74 Å². The van der Waals surface area contributed by atoms with E-state index in [-0.39, 0.29) is 5.75 Å². The molecule has 0 N–H and O–H groups in total. The summed E-state index contributed by atoms with van der Waals surface area (Å²) >= 11 is 0. The molecule has 0 aliphatic carbocycles. The minimum atomic E-state index is -2.93. The quantitative estimate of drug-likeness (QED) is 0.644. The number of ether oxygens (including phenoxy) is 1. The lowest BCUT2D eigenvalue weighted by Crippen LogP contribution is -2.34. The van der Waals surface area contributed by atoms with E-state index in [1.807, 2.05) is 6.92 Å². The van der Waals surface area contributed by atoms with Crippen molar-refractivity contribution in [3.05, 3.63) is 0 Å². The van der Waals surface area contributed by atoms with E-state index >= 15 is 0 Å². The van der Waals surface area contributed by atoms with Gasteiger partial charge in [-0.3, -0.25) is 0 Å². The Labute approximate surface area is 68.7 Å². The SMILES string of the molecule is CCC(C)(CS(C)(=O)=O)OC. The van der Waals surface area contributed by atoms with Gasteiger partial charge in [-0.25, -0.2) is 8.42 Å². The van der Waals surface area contributed by atoms with Gasteiger partial charge in [0.15, 0.2) is 0 Å². The summed E-state index contributed by atoms with van der Waals surface area (Å²) in [5.74, 6) is 0.0903. The third-order valence-corrected chi connectivity index (χ3v) is 2.94. The predicted molar refractivity (Wildman–Crippen MR) is 45.4 cm³/mol. The highest BCUT2D eigenvalue weighted by Crippen LogP contribution is 2.15. The molecule has 4 heteroatoms. The van der Waals surface area contributed by atoms with Gasteiger partial charge in [-0.05, 0) is 13.3 Å². The van der Waals surface area contributed by atoms with Crippen LogP contribution in [0.15, 0.2) is 0 Å². The molecule has 0 aliphatic heterocycles. The summed E-state index contributed by atoms with van der Waals surface area (Å²) in [6.45, 7) is 3.71. The van der Waals surface area contributed by atoms with Crippen molar-refractivity contribution in [2.45, 2.75) is 25.9 Å². The van der Waals surface area contributed by atoms with Crippen LogP contribution in [0.3, 0.4) is 0 Å². The minimum absolute atomic E-state index is 0.0903. The molecule has 0 bridgehead atoms. The Morgan fingerprint density at radius 3 is 2.00 bits per heavy atom. The summed E-state index contributed by atoms with van der Waals surface area (Å²) in [7, 11) is -1.39. The van der Waals surface area contributed by atoms with E-state index in [0.717, 1.165) is 0 Å². The summed E-state index contributed by atoms with van der Waals surface area (Å²) < 4.78 is 26.9. The zero-order chi connectivity index (χ0) is 9.12. The molecule has 0 aromatic rings. The van der Waals surface area contributed by atoms with Crippen molar-refractivity contribution < 1.29 is 13.2 Å². The van der Waals surface area contributed by atoms with Crippen LogP contribution < -0.4 is 0 Å². The fraction of sp³-hybridized carbons (Fsp3) is 1.00. The Morgan fingerprint density at radius 2 is 1.91 bits per heavy atom. The fourth-order valence-corrected chi connectivity index (χ4v) is 2.29. The van der Waals surface area contributed by atoms with E-state index in [9.17, 15) is 8.42 Å². The van der Waals surface area contributed by atoms with E-state index in [1.54, 1.807) is 6.92 Å². The van der Waals surface area contributed by atoms with Gasteiger partial charge in [0, 0.05) is 13.4 Å². The van der Waals surface area contributed by atoms with E-state index in [1.165, 1.54) is 13.4 Å². The first-order chi connectivity index (χ1) is 4.83. The van der Waals surface area contributed by atoms with E-state index in [2.05, 4.69) is 0 Å². The highest BCUT2D eigenvalue weighted by Gasteiger charge is 2.25. The topological polar surface area (TPSA) is 43.4 Å². The molecule has 0 amide bonds. The van der Waals surface area contributed by atoms with Crippen molar-refractivity contribution in [1.29, 1.82) is 0 Å². The van der Waals surface area contributed by atoms with Crippen LogP contribution >= 0.6 is 0 Å². The second kappa shape index (κ2) is 3.54. The van der Waals surface area contributed by atoms with Crippen LogP contribution in [0.2, 0.25) is 0 Å². The van der Waals surface area contributed by atoms with E-state index in [0.29, 0.717) is 6.42 Å². The Kier molecular flexibility index (Phi) is 3.51. The molecule has 0 heterocycles. The summed E-state index contributed by atoms with van der Waals surface area (Å²) in [4.78, 5) is 0. The molecule has 0 spiro atoms. The van der Waals surface area contributed by atoms with Gasteiger partial charge in [0.1, 0.15) is 9.84 Å². The molecule has 0 radical (unpaired) electrons. The molecule has 0 aliphatic rings. The van der Waals surface area contributed by atoms with Crippen molar-refractivity contribution in [3.63, 3.8) is 0 Å². The van der Waals surface area contributed by atoms with Gasteiger partial charge in [0.25, 0.3) is 0 Å². The second-order valence-corrected chi connectivity index (χ2v) is 5.22. The molecular weight excluding hydrogens is 164 g/mol. The zero-order valence-electron chi connectivity index (χ0n) is 7.55. The minimum Gasteiger partial charge on any atom is -0.377 e. The van der Waals surface area contributed by atoms with Crippen LogP contribution in [0, 0.1) is 0 Å². The van der Waals surface area contributed by atoms with Crippen LogP contribution in [0.5, 0.6) is 0 Å². The summed E-state index contributed by atoms with van der Waals surface area (Å²) in [6, 6.07) is 0. The second-order valence-electron chi connectivity index (χ2n) is 3.08. The molecule has 0 saturated heterocycles. The van der Waals surface area contributed by atoms with Crippen molar-refractivity contribution >= 4 is 9.84 Å². The number of rotatable bonds is 4. The Hall–Kier alpha value is -0.0900. The van der Waals surface area contributed by atoms with Gasteiger partial charge >= 0.3 is 0 Å². The third-order valence-electron chi connectivity index (χ3n) is 1.81. The largest absolute Gasteiger partial charge is 0.377 e. The number of sulfone groups is 1. The fourth-order valence-electron chi connectivity index (χ4n) is 0.860. The van der Waals surface area contributed by atoms with E-state index < -0.39 is 15.4 Å². The molecule has 68 valence electrons. The standard InChI is InChI=1S/C7H16O3S/c1-5-7(2,10-3)6-11(4,8)9/h5-6H2,1-4H3. The first-order valence-electron chi connectivity index (χ1n) is 3.56. The Bertz CT molecular complexity index is 202. The smallest absolute Gasteiger partial charge is 0.150 e. The van der Waals surface area contributed by atoms with Crippen molar-refractivity contribution in [2.24, 2.45) is 0 Å². The molecular formula is C7H16O3S. The van der Waals surface area contributed by atoms with Gasteiger partial charge in [-0.15, -0.1) is 0 Å². The lowest BCUT2D eigenvalue weighted by atomic mass is 10.1. The summed E-state index contributed by atoms with van der Waals surface area (Å²) in [5, 5.41) is 0. The van der Waals surface area contributed by atoms with Crippen LogP contribution in [0.25, 0.3) is 0 Å². The molecule has 0 rings (SSSR count). The van der Waals surface area contributed by atoms with Crippen LogP contribution in [-0.4, -0.2) is 33.1 Å². The van der Waals surface area contributed by atoms with Gasteiger partial charge in [-0.1, -0.05) is 6.92 Å². The first kappa shape index (κ1) is 10.9. The molecule has 3 nitrogen and oxygen atoms in total. The lowest BCUT2D eigenvalue weighted by molar-refractivity contribution is 0.0226. The van der Waals surface area contributed by atoms with Gasteiger partial charge in [0.2, 0.25) is 0 Å². The van der Waals surface area contributed by atoms with Crippen molar-refractivity contribution in [3.8, 4) is 0 Å². The maximum Gasteiger partial charge on any atom is 0.150 e. The number of methoxy groups -OCH3 is 1.